The van der Waals surface area contributed by atoms with E-state index in [-0.39, 0.29) is 6.61 Å². The Morgan fingerprint density at radius 3 is 3.00 bits per heavy atom. The summed E-state index contributed by atoms with van der Waals surface area (Å²) < 4.78 is 5.25. The third-order valence-corrected chi connectivity index (χ3v) is 1.78. The van der Waals surface area contributed by atoms with Gasteiger partial charge in [-0.25, -0.2) is 9.97 Å². The predicted octanol–water partition coefficient (Wildman–Crippen LogP) is 1.23. The van der Waals surface area contributed by atoms with Gasteiger partial charge in [0.25, 0.3) is 0 Å². The fourth-order valence-electron chi connectivity index (χ4n) is 0.929. The molecule has 0 aliphatic heterocycles. The van der Waals surface area contributed by atoms with Gasteiger partial charge in [-0.2, -0.15) is 0 Å². The van der Waals surface area contributed by atoms with Crippen LogP contribution in [0.2, 0.25) is 0 Å². The summed E-state index contributed by atoms with van der Waals surface area (Å²) >= 11 is 0. The summed E-state index contributed by atoms with van der Waals surface area (Å²) in [7, 11) is 0. The fraction of sp³-hybridized carbons (Fsp3) is 0.400. The summed E-state index contributed by atoms with van der Waals surface area (Å²) in [4.78, 5) is 8.04. The highest BCUT2D eigenvalue weighted by molar-refractivity contribution is 5.16. The molecule has 0 saturated heterocycles. The van der Waals surface area contributed by atoms with Crippen LogP contribution < -0.4 is 4.74 Å². The average molecular weight is 194 g/mol. The van der Waals surface area contributed by atoms with E-state index in [9.17, 15) is 0 Å². The van der Waals surface area contributed by atoms with Gasteiger partial charge in [0.15, 0.2) is 0 Å². The topological polar surface area (TPSA) is 55.2 Å². The zero-order valence-electron chi connectivity index (χ0n) is 8.23. The number of aromatic nitrogens is 2. The van der Waals surface area contributed by atoms with Crippen molar-refractivity contribution < 1.29 is 9.84 Å². The second kappa shape index (κ2) is 5.34. The smallest absolute Gasteiger partial charge is 0.316 e. The van der Waals surface area contributed by atoms with Crippen LogP contribution >= 0.6 is 0 Å². The second-order valence-corrected chi connectivity index (χ2v) is 2.85. The molecule has 4 heteroatoms. The second-order valence-electron chi connectivity index (χ2n) is 2.85. The summed E-state index contributed by atoms with van der Waals surface area (Å²) in [6, 6.07) is 0.349. The Morgan fingerprint density at radius 1 is 1.64 bits per heavy atom. The van der Waals surface area contributed by atoms with Crippen molar-refractivity contribution in [1.29, 1.82) is 0 Å². The monoisotopic (exact) mass is 194 g/mol. The third kappa shape index (κ3) is 2.81. The van der Waals surface area contributed by atoms with E-state index in [4.69, 9.17) is 9.84 Å². The molecule has 0 fully saturated rings. The first-order chi connectivity index (χ1) is 6.77. The number of hydrogen-bond donors (Lipinski definition) is 1. The molecular formula is C10H14N2O2. The van der Waals surface area contributed by atoms with Crippen molar-refractivity contribution in [2.75, 3.05) is 6.61 Å². The molecule has 14 heavy (non-hydrogen) atoms. The summed E-state index contributed by atoms with van der Waals surface area (Å²) in [6.07, 6.45) is 4.12. The van der Waals surface area contributed by atoms with E-state index in [2.05, 4.69) is 16.5 Å². The van der Waals surface area contributed by atoms with Crippen molar-refractivity contribution >= 4 is 0 Å². The van der Waals surface area contributed by atoms with Gasteiger partial charge in [0.2, 0.25) is 0 Å². The molecule has 1 rings (SSSR count). The first kappa shape index (κ1) is 10.7. The highest BCUT2D eigenvalue weighted by atomic mass is 16.5. The van der Waals surface area contributed by atoms with Crippen LogP contribution in [-0.2, 0) is 6.61 Å². The Bertz CT molecular complexity index is 313. The fourth-order valence-corrected chi connectivity index (χ4v) is 0.929. The molecular weight excluding hydrogens is 180 g/mol. The van der Waals surface area contributed by atoms with Crippen molar-refractivity contribution in [3.8, 4) is 6.01 Å². The molecule has 76 valence electrons. The maximum atomic E-state index is 8.89. The average Bonchev–Trinajstić information content (AvgIpc) is 2.18. The molecule has 0 aromatic carbocycles. The normalized spacial score (nSPS) is 9.86. The molecule has 0 aliphatic carbocycles. The van der Waals surface area contributed by atoms with Gasteiger partial charge in [0.05, 0.1) is 18.9 Å². The van der Waals surface area contributed by atoms with Crippen molar-refractivity contribution in [2.24, 2.45) is 0 Å². The lowest BCUT2D eigenvalue weighted by molar-refractivity contribution is 0.275. The summed E-state index contributed by atoms with van der Waals surface area (Å²) in [5.41, 5.74) is 1.47. The summed E-state index contributed by atoms with van der Waals surface area (Å²) in [6.45, 7) is 5.88. The molecule has 0 spiro atoms. The minimum Gasteiger partial charge on any atom is -0.463 e. The summed E-state index contributed by atoms with van der Waals surface area (Å²) in [5.74, 6) is 0. The van der Waals surface area contributed by atoms with Crippen molar-refractivity contribution in [3.05, 3.63) is 30.1 Å². The minimum absolute atomic E-state index is 0.0429. The molecule has 0 unspecified atom stereocenters. The van der Waals surface area contributed by atoms with Crippen LogP contribution in [0.25, 0.3) is 0 Å². The molecule has 1 aromatic heterocycles. The van der Waals surface area contributed by atoms with Crippen LogP contribution in [0.4, 0.5) is 0 Å². The van der Waals surface area contributed by atoms with E-state index in [0.29, 0.717) is 12.6 Å². The standard InChI is InChI=1S/C10H14N2O2/c1-3-4-5-14-10-11-6-9(7-13)8(2)12-10/h3,6,13H,1,4-5,7H2,2H3. The molecule has 1 N–H and O–H groups in total. The number of aryl methyl sites for hydroxylation is 1. The highest BCUT2D eigenvalue weighted by Crippen LogP contribution is 2.08. The minimum atomic E-state index is -0.0429. The van der Waals surface area contributed by atoms with E-state index in [1.54, 1.807) is 12.3 Å². The van der Waals surface area contributed by atoms with Gasteiger partial charge < -0.3 is 9.84 Å². The number of hydrogen-bond acceptors (Lipinski definition) is 4. The Labute approximate surface area is 83.3 Å². The van der Waals surface area contributed by atoms with E-state index in [0.717, 1.165) is 17.7 Å². The Balaban J connectivity index is 2.61. The Kier molecular flexibility index (Phi) is 4.07. The van der Waals surface area contributed by atoms with Gasteiger partial charge in [-0.05, 0) is 13.3 Å². The molecule has 0 atom stereocenters. The number of rotatable bonds is 5. The van der Waals surface area contributed by atoms with Crippen LogP contribution in [-0.4, -0.2) is 21.7 Å². The lowest BCUT2D eigenvalue weighted by Crippen LogP contribution is -2.03. The van der Waals surface area contributed by atoms with Gasteiger partial charge >= 0.3 is 6.01 Å². The first-order valence-corrected chi connectivity index (χ1v) is 4.45. The maximum absolute atomic E-state index is 8.89. The molecule has 0 bridgehead atoms. The molecule has 1 aromatic rings. The number of aliphatic hydroxyl groups excluding tert-OH is 1. The lowest BCUT2D eigenvalue weighted by Gasteiger charge is -2.05. The van der Waals surface area contributed by atoms with E-state index >= 15 is 0 Å². The first-order valence-electron chi connectivity index (χ1n) is 4.45. The third-order valence-electron chi connectivity index (χ3n) is 1.78. The van der Waals surface area contributed by atoms with Gasteiger partial charge in [-0.3, -0.25) is 0 Å². The number of nitrogens with zero attached hydrogens (tertiary/aromatic N) is 2. The number of aliphatic hydroxyl groups is 1. The van der Waals surface area contributed by atoms with Crippen molar-refractivity contribution in [2.45, 2.75) is 20.0 Å². The molecule has 0 aliphatic rings. The lowest BCUT2D eigenvalue weighted by atomic mass is 10.3. The highest BCUT2D eigenvalue weighted by Gasteiger charge is 2.02. The van der Waals surface area contributed by atoms with Crippen LogP contribution in [0.15, 0.2) is 18.9 Å². The van der Waals surface area contributed by atoms with E-state index in [1.807, 2.05) is 6.92 Å². The molecule has 0 radical (unpaired) electrons. The van der Waals surface area contributed by atoms with Crippen molar-refractivity contribution in [3.63, 3.8) is 0 Å². The Morgan fingerprint density at radius 2 is 2.43 bits per heavy atom. The van der Waals surface area contributed by atoms with Crippen LogP contribution in [0.1, 0.15) is 17.7 Å². The van der Waals surface area contributed by atoms with Gasteiger partial charge in [0.1, 0.15) is 0 Å². The van der Waals surface area contributed by atoms with E-state index < -0.39 is 0 Å². The molecule has 0 amide bonds. The quantitative estimate of drug-likeness (QED) is 0.566. The number of ether oxygens (including phenoxy) is 1. The van der Waals surface area contributed by atoms with Crippen LogP contribution in [0.5, 0.6) is 6.01 Å². The van der Waals surface area contributed by atoms with Crippen molar-refractivity contribution in [1.82, 2.24) is 9.97 Å². The zero-order chi connectivity index (χ0) is 10.4. The predicted molar refractivity (Wildman–Crippen MR) is 53.0 cm³/mol. The van der Waals surface area contributed by atoms with Crippen LogP contribution in [0, 0.1) is 6.92 Å². The van der Waals surface area contributed by atoms with Gasteiger partial charge in [-0.15, -0.1) is 6.58 Å². The largest absolute Gasteiger partial charge is 0.463 e. The van der Waals surface area contributed by atoms with Gasteiger partial charge in [0, 0.05) is 11.8 Å². The summed E-state index contributed by atoms with van der Waals surface area (Å²) in [5, 5.41) is 8.89. The SMILES string of the molecule is C=CCCOc1ncc(CO)c(C)n1. The Hall–Kier alpha value is -1.42. The zero-order valence-corrected chi connectivity index (χ0v) is 8.23. The molecule has 1 heterocycles. The van der Waals surface area contributed by atoms with Crippen LogP contribution in [0.3, 0.4) is 0 Å². The molecule has 4 nitrogen and oxygen atoms in total. The van der Waals surface area contributed by atoms with E-state index in [1.165, 1.54) is 0 Å². The molecule has 0 saturated carbocycles. The maximum Gasteiger partial charge on any atom is 0.316 e. The van der Waals surface area contributed by atoms with Gasteiger partial charge in [-0.1, -0.05) is 6.08 Å².